The lowest BCUT2D eigenvalue weighted by molar-refractivity contribution is 0.200. The summed E-state index contributed by atoms with van der Waals surface area (Å²) in [5, 5.41) is 7.89. The van der Waals surface area contributed by atoms with Gasteiger partial charge in [0.15, 0.2) is 17.5 Å². The molecule has 1 aliphatic rings. The third-order valence-corrected chi connectivity index (χ3v) is 6.29. The third kappa shape index (κ3) is 6.35. The lowest BCUT2D eigenvalue weighted by atomic mass is 10.2. The molecule has 29 heavy (non-hydrogen) atoms. The predicted molar refractivity (Wildman–Crippen MR) is 119 cm³/mol. The van der Waals surface area contributed by atoms with Gasteiger partial charge in [-0.05, 0) is 49.8 Å². The molecule has 2 N–H and O–H groups in total. The molecule has 0 aliphatic heterocycles. The predicted octanol–water partition coefficient (Wildman–Crippen LogP) is 3.94. The summed E-state index contributed by atoms with van der Waals surface area (Å²) in [6.45, 7) is 3.63. The van der Waals surface area contributed by atoms with Crippen LogP contribution < -0.4 is 20.1 Å². The normalized spacial score (nSPS) is 14.8. The zero-order valence-corrected chi connectivity index (χ0v) is 18.5. The van der Waals surface area contributed by atoms with Gasteiger partial charge in [0, 0.05) is 37.6 Å². The molecule has 1 fully saturated rings. The Labute approximate surface area is 177 Å². The molecule has 3 rings (SSSR count). The van der Waals surface area contributed by atoms with E-state index in [0.717, 1.165) is 60.3 Å². The summed E-state index contributed by atoms with van der Waals surface area (Å²) in [6, 6.07) is 6.10. The zero-order valence-electron chi connectivity index (χ0n) is 17.7. The van der Waals surface area contributed by atoms with E-state index in [4.69, 9.17) is 9.47 Å². The number of aromatic nitrogens is 1. The van der Waals surface area contributed by atoms with Crippen LogP contribution in [0, 0.1) is 0 Å². The number of nitrogens with one attached hydrogen (secondary N) is 2. The minimum atomic E-state index is 0.306. The van der Waals surface area contributed by atoms with Crippen molar-refractivity contribution >= 4 is 17.3 Å². The second-order valence-corrected chi connectivity index (χ2v) is 8.39. The molecule has 7 heteroatoms. The SMILES string of the molecule is CCc1cnc(CCNC(=NC)NCc2ccc(OC)c(OC3CCCC3)c2)s1. The number of benzene rings is 1. The van der Waals surface area contributed by atoms with Gasteiger partial charge >= 0.3 is 0 Å². The monoisotopic (exact) mass is 416 g/mol. The Morgan fingerprint density at radius 1 is 1.24 bits per heavy atom. The second kappa shape index (κ2) is 11.0. The van der Waals surface area contributed by atoms with Crippen LogP contribution in [-0.2, 0) is 19.4 Å². The summed E-state index contributed by atoms with van der Waals surface area (Å²) >= 11 is 1.78. The number of rotatable bonds is 9. The largest absolute Gasteiger partial charge is 0.493 e. The number of aliphatic imine (C=N–C) groups is 1. The fourth-order valence-electron chi connectivity index (χ4n) is 3.43. The first kappa shape index (κ1) is 21.4. The smallest absolute Gasteiger partial charge is 0.191 e. The number of ether oxygens (including phenoxy) is 2. The van der Waals surface area contributed by atoms with E-state index in [1.54, 1.807) is 25.5 Å². The molecule has 1 saturated carbocycles. The topological polar surface area (TPSA) is 67.8 Å². The lowest BCUT2D eigenvalue weighted by Gasteiger charge is -2.17. The molecule has 6 nitrogen and oxygen atoms in total. The quantitative estimate of drug-likeness (QED) is 0.479. The first-order valence-electron chi connectivity index (χ1n) is 10.4. The number of hydrogen-bond acceptors (Lipinski definition) is 5. The van der Waals surface area contributed by atoms with Gasteiger partial charge < -0.3 is 20.1 Å². The Bertz CT molecular complexity index is 800. The van der Waals surface area contributed by atoms with E-state index >= 15 is 0 Å². The van der Waals surface area contributed by atoms with Crippen molar-refractivity contribution in [2.45, 2.75) is 58.1 Å². The highest BCUT2D eigenvalue weighted by Crippen LogP contribution is 2.32. The van der Waals surface area contributed by atoms with E-state index in [0.29, 0.717) is 12.6 Å². The Balaban J connectivity index is 1.50. The maximum absolute atomic E-state index is 6.19. The summed E-state index contributed by atoms with van der Waals surface area (Å²) in [6.07, 6.45) is 8.97. The van der Waals surface area contributed by atoms with Gasteiger partial charge in [-0.2, -0.15) is 0 Å². The van der Waals surface area contributed by atoms with Crippen molar-refractivity contribution in [1.82, 2.24) is 15.6 Å². The van der Waals surface area contributed by atoms with Gasteiger partial charge in [0.2, 0.25) is 0 Å². The van der Waals surface area contributed by atoms with Gasteiger partial charge in [-0.15, -0.1) is 11.3 Å². The van der Waals surface area contributed by atoms with Crippen LogP contribution >= 0.6 is 11.3 Å². The van der Waals surface area contributed by atoms with E-state index in [9.17, 15) is 0 Å². The van der Waals surface area contributed by atoms with E-state index < -0.39 is 0 Å². The van der Waals surface area contributed by atoms with Crippen LogP contribution in [0.2, 0.25) is 0 Å². The van der Waals surface area contributed by atoms with Crippen LogP contribution in [0.25, 0.3) is 0 Å². The van der Waals surface area contributed by atoms with Gasteiger partial charge in [-0.1, -0.05) is 13.0 Å². The van der Waals surface area contributed by atoms with Gasteiger partial charge in [-0.3, -0.25) is 4.99 Å². The minimum absolute atomic E-state index is 0.306. The molecule has 0 radical (unpaired) electrons. The molecule has 1 aromatic carbocycles. The van der Waals surface area contributed by atoms with Crippen LogP contribution in [0.15, 0.2) is 29.4 Å². The molecule has 2 aromatic rings. The van der Waals surface area contributed by atoms with Crippen molar-refractivity contribution in [1.29, 1.82) is 0 Å². The molecule has 0 bridgehead atoms. The third-order valence-electron chi connectivity index (χ3n) is 5.09. The lowest BCUT2D eigenvalue weighted by Crippen LogP contribution is -2.37. The summed E-state index contributed by atoms with van der Waals surface area (Å²) < 4.78 is 11.7. The summed E-state index contributed by atoms with van der Waals surface area (Å²) in [5.74, 6) is 2.40. The van der Waals surface area contributed by atoms with Crippen molar-refractivity contribution in [2.75, 3.05) is 20.7 Å². The van der Waals surface area contributed by atoms with Crippen molar-refractivity contribution < 1.29 is 9.47 Å². The maximum Gasteiger partial charge on any atom is 0.191 e. The molecule has 0 saturated heterocycles. The highest BCUT2D eigenvalue weighted by atomic mass is 32.1. The van der Waals surface area contributed by atoms with Crippen molar-refractivity contribution in [2.24, 2.45) is 4.99 Å². The van der Waals surface area contributed by atoms with Gasteiger partial charge in [-0.25, -0.2) is 4.98 Å². The second-order valence-electron chi connectivity index (χ2n) is 7.19. The van der Waals surface area contributed by atoms with E-state index in [2.05, 4.69) is 39.7 Å². The molecule has 1 aliphatic carbocycles. The highest BCUT2D eigenvalue weighted by molar-refractivity contribution is 7.11. The number of methoxy groups -OCH3 is 1. The number of hydrogen-bond donors (Lipinski definition) is 2. The minimum Gasteiger partial charge on any atom is -0.493 e. The first-order chi connectivity index (χ1) is 14.2. The summed E-state index contributed by atoms with van der Waals surface area (Å²) in [4.78, 5) is 10.1. The Kier molecular flexibility index (Phi) is 8.16. The number of nitrogens with zero attached hydrogens (tertiary/aromatic N) is 2. The Morgan fingerprint density at radius 2 is 2.07 bits per heavy atom. The van der Waals surface area contributed by atoms with Crippen molar-refractivity contribution in [3.05, 3.63) is 39.8 Å². The Hall–Kier alpha value is -2.28. The summed E-state index contributed by atoms with van der Waals surface area (Å²) in [5.41, 5.74) is 1.13. The molecule has 1 aromatic heterocycles. The number of aryl methyl sites for hydroxylation is 1. The fraction of sp³-hybridized carbons (Fsp3) is 0.545. The summed E-state index contributed by atoms with van der Waals surface area (Å²) in [7, 11) is 3.48. The molecule has 0 spiro atoms. The van der Waals surface area contributed by atoms with E-state index in [1.807, 2.05) is 12.3 Å². The molecule has 0 amide bonds. The first-order valence-corrected chi connectivity index (χ1v) is 11.2. The van der Waals surface area contributed by atoms with Crippen LogP contribution in [-0.4, -0.2) is 37.7 Å². The highest BCUT2D eigenvalue weighted by Gasteiger charge is 2.18. The average molecular weight is 417 g/mol. The van der Waals surface area contributed by atoms with Crippen molar-refractivity contribution in [3.8, 4) is 11.5 Å². The van der Waals surface area contributed by atoms with Crippen LogP contribution in [0.5, 0.6) is 11.5 Å². The maximum atomic E-state index is 6.19. The molecule has 0 unspecified atom stereocenters. The standard InChI is InChI=1S/C22H32N4O2S/c1-4-18-15-25-21(29-18)11-12-24-22(23-2)26-14-16-9-10-19(27-3)20(13-16)28-17-7-5-6-8-17/h9-10,13,15,17H,4-8,11-12,14H2,1-3H3,(H2,23,24,26). The van der Waals surface area contributed by atoms with E-state index in [-0.39, 0.29) is 0 Å². The van der Waals surface area contributed by atoms with Gasteiger partial charge in [0.25, 0.3) is 0 Å². The van der Waals surface area contributed by atoms with Gasteiger partial charge in [0.05, 0.1) is 18.2 Å². The van der Waals surface area contributed by atoms with E-state index in [1.165, 1.54) is 17.7 Å². The molecular formula is C22H32N4O2S. The number of thiazole rings is 1. The molecule has 158 valence electrons. The fourth-order valence-corrected chi connectivity index (χ4v) is 4.29. The Morgan fingerprint density at radius 3 is 2.76 bits per heavy atom. The van der Waals surface area contributed by atoms with Crippen molar-refractivity contribution in [3.63, 3.8) is 0 Å². The van der Waals surface area contributed by atoms with Crippen LogP contribution in [0.4, 0.5) is 0 Å². The zero-order chi connectivity index (χ0) is 20.5. The number of guanidine groups is 1. The van der Waals surface area contributed by atoms with Crippen LogP contribution in [0.1, 0.15) is 48.1 Å². The molecule has 0 atom stereocenters. The van der Waals surface area contributed by atoms with Crippen LogP contribution in [0.3, 0.4) is 0 Å². The van der Waals surface area contributed by atoms with Gasteiger partial charge in [0.1, 0.15) is 0 Å². The molecule has 1 heterocycles. The average Bonchev–Trinajstić information content (AvgIpc) is 3.42. The molecular weight excluding hydrogens is 384 g/mol.